The van der Waals surface area contributed by atoms with Gasteiger partial charge in [0.25, 0.3) is 0 Å². The molecule has 0 aliphatic carbocycles. The molecule has 2 heterocycles. The molecule has 0 bridgehead atoms. The number of hydrogen-bond acceptors (Lipinski definition) is 2. The second kappa shape index (κ2) is 4.15. The van der Waals surface area contributed by atoms with Gasteiger partial charge in [0, 0.05) is 31.6 Å². The van der Waals surface area contributed by atoms with Crippen molar-refractivity contribution in [1.82, 2.24) is 4.98 Å². The van der Waals surface area contributed by atoms with E-state index in [9.17, 15) is 0 Å². The number of aromatic nitrogens is 1. The van der Waals surface area contributed by atoms with Gasteiger partial charge in [0.1, 0.15) is 5.82 Å². The largest absolute Gasteiger partial charge is 0.355 e. The summed E-state index contributed by atoms with van der Waals surface area (Å²) in [5, 5.41) is 0. The smallest absolute Gasteiger partial charge is 0.128 e. The number of aryl methyl sites for hydroxylation is 1. The van der Waals surface area contributed by atoms with E-state index >= 15 is 0 Å². The van der Waals surface area contributed by atoms with Gasteiger partial charge < -0.3 is 4.90 Å². The predicted molar refractivity (Wildman–Crippen MR) is 58.2 cm³/mol. The molecule has 0 spiro atoms. The van der Waals surface area contributed by atoms with Gasteiger partial charge in [-0.25, -0.2) is 4.98 Å². The van der Waals surface area contributed by atoms with E-state index in [1.54, 1.807) is 0 Å². The van der Waals surface area contributed by atoms with Crippen LogP contribution in [0.1, 0.15) is 18.5 Å². The summed E-state index contributed by atoms with van der Waals surface area (Å²) in [6.45, 7) is 4.03. The molecule has 0 amide bonds. The molecule has 0 aromatic carbocycles. The molecule has 1 aromatic rings. The van der Waals surface area contributed by atoms with Crippen molar-refractivity contribution < 1.29 is 0 Å². The first-order valence-electron chi connectivity index (χ1n) is 5.00. The minimum absolute atomic E-state index is 0.954. The summed E-state index contributed by atoms with van der Waals surface area (Å²) in [6, 6.07) is 6.15. The summed E-state index contributed by atoms with van der Waals surface area (Å²) in [6.07, 6.45) is 1.91. The molecule has 1 aromatic heterocycles. The average molecular weight is 186 g/mol. The van der Waals surface area contributed by atoms with Crippen molar-refractivity contribution in [2.45, 2.75) is 19.8 Å². The molecule has 0 N–H and O–H groups in total. The minimum Gasteiger partial charge on any atom is -0.355 e. The summed E-state index contributed by atoms with van der Waals surface area (Å²) in [5.41, 5.74) is 1.08. The highest BCUT2D eigenvalue weighted by Crippen LogP contribution is 2.12. The van der Waals surface area contributed by atoms with Crippen molar-refractivity contribution in [2.24, 2.45) is 0 Å². The Labute approximate surface area is 85.0 Å². The quantitative estimate of drug-likeness (QED) is 0.623. The van der Waals surface area contributed by atoms with Gasteiger partial charge >= 0.3 is 0 Å². The third kappa shape index (κ3) is 2.05. The lowest BCUT2D eigenvalue weighted by Gasteiger charge is -2.21. The van der Waals surface area contributed by atoms with Crippen LogP contribution in [0.3, 0.4) is 0 Å². The van der Waals surface area contributed by atoms with Crippen LogP contribution in [-0.4, -0.2) is 18.1 Å². The Morgan fingerprint density at radius 3 is 2.57 bits per heavy atom. The Hall–Kier alpha value is -1.49. The van der Waals surface area contributed by atoms with Crippen LogP contribution in [0.4, 0.5) is 5.82 Å². The van der Waals surface area contributed by atoms with Gasteiger partial charge in [0.05, 0.1) is 0 Å². The van der Waals surface area contributed by atoms with E-state index in [4.69, 9.17) is 0 Å². The van der Waals surface area contributed by atoms with Crippen LogP contribution >= 0.6 is 0 Å². The lowest BCUT2D eigenvalue weighted by molar-refractivity contribution is 0.798. The number of hydrogen-bond donors (Lipinski definition) is 0. The maximum Gasteiger partial charge on any atom is 0.128 e. The molecule has 1 aliphatic rings. The second-order valence-electron chi connectivity index (χ2n) is 3.48. The predicted octanol–water partition coefficient (Wildman–Crippen LogP) is 1.99. The minimum atomic E-state index is 0.954. The third-order valence-electron chi connectivity index (χ3n) is 2.34. The maximum atomic E-state index is 4.51. The first-order valence-corrected chi connectivity index (χ1v) is 5.00. The Morgan fingerprint density at radius 1 is 1.21 bits per heavy atom. The highest BCUT2D eigenvalue weighted by atomic mass is 15.2. The molecule has 1 aliphatic heterocycles. The lowest BCUT2D eigenvalue weighted by atomic mass is 10.3. The Kier molecular flexibility index (Phi) is 2.69. The fourth-order valence-electron chi connectivity index (χ4n) is 1.60. The van der Waals surface area contributed by atoms with Crippen molar-refractivity contribution in [3.05, 3.63) is 23.9 Å². The van der Waals surface area contributed by atoms with Crippen LogP contribution in [0.15, 0.2) is 18.2 Å². The maximum absolute atomic E-state index is 4.51. The Morgan fingerprint density at radius 2 is 1.93 bits per heavy atom. The molecule has 72 valence electrons. The number of anilines is 1. The van der Waals surface area contributed by atoms with E-state index in [0.29, 0.717) is 0 Å². The standard InChI is InChI=1S/C12H14N2/c1-11-7-6-8-12(13-11)14-9-4-2-3-5-10-14/h6-8H,4-5,9-10H2,1H3. The van der Waals surface area contributed by atoms with E-state index in [1.807, 2.05) is 13.0 Å². The van der Waals surface area contributed by atoms with Crippen LogP contribution in [0, 0.1) is 18.8 Å². The van der Waals surface area contributed by atoms with Crippen LogP contribution in [0.25, 0.3) is 0 Å². The lowest BCUT2D eigenvalue weighted by Crippen LogP contribution is -2.25. The Bertz CT molecular complexity index is 361. The summed E-state index contributed by atoms with van der Waals surface area (Å²) in [7, 11) is 0. The van der Waals surface area contributed by atoms with E-state index in [1.165, 1.54) is 0 Å². The van der Waals surface area contributed by atoms with E-state index in [2.05, 4.69) is 33.9 Å². The van der Waals surface area contributed by atoms with E-state index < -0.39 is 0 Å². The average Bonchev–Trinajstić information content (AvgIpc) is 2.45. The highest BCUT2D eigenvalue weighted by molar-refractivity contribution is 5.40. The van der Waals surface area contributed by atoms with Crippen LogP contribution in [0.5, 0.6) is 0 Å². The molecule has 0 saturated carbocycles. The fraction of sp³-hybridized carbons (Fsp3) is 0.417. The third-order valence-corrected chi connectivity index (χ3v) is 2.34. The van der Waals surface area contributed by atoms with Crippen molar-refractivity contribution in [3.8, 4) is 11.8 Å². The van der Waals surface area contributed by atoms with Gasteiger partial charge in [-0.05, 0) is 19.1 Å². The zero-order valence-electron chi connectivity index (χ0n) is 8.45. The van der Waals surface area contributed by atoms with Gasteiger partial charge in [-0.1, -0.05) is 6.07 Å². The van der Waals surface area contributed by atoms with Crippen LogP contribution in [-0.2, 0) is 0 Å². The van der Waals surface area contributed by atoms with Crippen LogP contribution in [0.2, 0.25) is 0 Å². The summed E-state index contributed by atoms with van der Waals surface area (Å²) in [4.78, 5) is 6.80. The second-order valence-corrected chi connectivity index (χ2v) is 3.48. The summed E-state index contributed by atoms with van der Waals surface area (Å²) >= 11 is 0. The molecule has 0 fully saturated rings. The van der Waals surface area contributed by atoms with Crippen molar-refractivity contribution in [3.63, 3.8) is 0 Å². The molecule has 0 radical (unpaired) electrons. The van der Waals surface area contributed by atoms with Gasteiger partial charge in [0.15, 0.2) is 0 Å². The van der Waals surface area contributed by atoms with Gasteiger partial charge in [-0.3, -0.25) is 0 Å². The topological polar surface area (TPSA) is 16.1 Å². The van der Waals surface area contributed by atoms with Gasteiger partial charge in [0.2, 0.25) is 0 Å². The number of pyridine rings is 1. The first-order chi connectivity index (χ1) is 6.86. The highest BCUT2D eigenvalue weighted by Gasteiger charge is 2.07. The number of rotatable bonds is 1. The summed E-state index contributed by atoms with van der Waals surface area (Å²) in [5.74, 6) is 7.36. The molecule has 0 saturated heterocycles. The molecule has 14 heavy (non-hydrogen) atoms. The normalized spacial score (nSPS) is 15.6. The van der Waals surface area contributed by atoms with E-state index in [-0.39, 0.29) is 0 Å². The first kappa shape index (κ1) is 9.08. The molecule has 0 unspecified atom stereocenters. The van der Waals surface area contributed by atoms with Gasteiger partial charge in [-0.2, -0.15) is 0 Å². The van der Waals surface area contributed by atoms with Crippen molar-refractivity contribution in [2.75, 3.05) is 18.0 Å². The molecule has 0 atom stereocenters. The molecular formula is C12H14N2. The molecular weight excluding hydrogens is 172 g/mol. The van der Waals surface area contributed by atoms with Crippen LogP contribution < -0.4 is 4.90 Å². The zero-order valence-corrected chi connectivity index (χ0v) is 8.45. The monoisotopic (exact) mass is 186 g/mol. The zero-order chi connectivity index (χ0) is 9.80. The molecule has 2 heteroatoms. The van der Waals surface area contributed by atoms with E-state index in [0.717, 1.165) is 37.4 Å². The van der Waals surface area contributed by atoms with Gasteiger partial charge in [-0.15, -0.1) is 11.8 Å². The fourth-order valence-corrected chi connectivity index (χ4v) is 1.60. The summed E-state index contributed by atoms with van der Waals surface area (Å²) < 4.78 is 0. The van der Waals surface area contributed by atoms with Crippen molar-refractivity contribution >= 4 is 5.82 Å². The Balaban J connectivity index is 2.14. The molecule has 2 rings (SSSR count). The number of nitrogens with zero attached hydrogens (tertiary/aromatic N) is 2. The SMILES string of the molecule is Cc1cccc(N2CCC#CCC2)n1. The molecule has 2 nitrogen and oxygen atoms in total. The van der Waals surface area contributed by atoms with Crippen molar-refractivity contribution in [1.29, 1.82) is 0 Å².